The smallest absolute Gasteiger partial charge is 0.337 e. The third kappa shape index (κ3) is 6.00. The summed E-state index contributed by atoms with van der Waals surface area (Å²) in [5.74, 6) is -3.06. The molecule has 6 nitrogen and oxygen atoms in total. The highest BCUT2D eigenvalue weighted by atomic mass is 35.5. The number of methoxy groups -OCH3 is 1. The molecular weight excluding hydrogens is 559 g/mol. The topological polar surface area (TPSA) is 93.4 Å². The van der Waals surface area contributed by atoms with Crippen molar-refractivity contribution in [3.63, 3.8) is 0 Å². The first kappa shape index (κ1) is 29.9. The average molecular weight is 590 g/mol. The van der Waals surface area contributed by atoms with Crippen molar-refractivity contribution < 1.29 is 23.1 Å². The summed E-state index contributed by atoms with van der Waals surface area (Å²) in [5.41, 5.74) is 6.89. The quantitative estimate of drug-likeness (QED) is 0.289. The van der Waals surface area contributed by atoms with Crippen LogP contribution >= 0.6 is 23.2 Å². The largest absolute Gasteiger partial charge is 0.465 e. The van der Waals surface area contributed by atoms with Crippen molar-refractivity contribution in [2.75, 3.05) is 12.4 Å². The number of rotatable bonds is 6. The van der Waals surface area contributed by atoms with Crippen LogP contribution < -0.4 is 16.4 Å². The third-order valence-corrected chi connectivity index (χ3v) is 7.70. The van der Waals surface area contributed by atoms with Crippen LogP contribution in [-0.2, 0) is 15.1 Å². The molecule has 4 rings (SSSR count). The summed E-state index contributed by atoms with van der Waals surface area (Å²) in [6.45, 7) is 6.06. The molecule has 0 radical (unpaired) electrons. The van der Waals surface area contributed by atoms with Crippen molar-refractivity contribution in [1.29, 1.82) is 0 Å². The Bertz CT molecular complexity index is 1430. The Balaban J connectivity index is 1.83. The van der Waals surface area contributed by atoms with Gasteiger partial charge in [0.2, 0.25) is 5.91 Å². The zero-order valence-electron chi connectivity index (χ0n) is 22.5. The molecule has 212 valence electrons. The molecule has 0 spiro atoms. The number of benzene rings is 3. The van der Waals surface area contributed by atoms with E-state index in [0.29, 0.717) is 23.2 Å². The van der Waals surface area contributed by atoms with E-state index < -0.39 is 47.1 Å². The number of nitrogens with one attached hydrogen (secondary N) is 2. The first-order valence-corrected chi connectivity index (χ1v) is 13.4. The number of hydrogen-bond donors (Lipinski definition) is 3. The van der Waals surface area contributed by atoms with Gasteiger partial charge in [0.15, 0.2) is 0 Å². The number of amides is 1. The molecule has 0 aromatic heterocycles. The lowest BCUT2D eigenvalue weighted by Crippen LogP contribution is -2.52. The normalized spacial score (nSPS) is 22.7. The first-order valence-electron chi connectivity index (χ1n) is 12.7. The Morgan fingerprint density at radius 3 is 2.27 bits per heavy atom. The maximum Gasteiger partial charge on any atom is 0.337 e. The van der Waals surface area contributed by atoms with E-state index in [4.69, 9.17) is 33.7 Å². The van der Waals surface area contributed by atoms with E-state index in [-0.39, 0.29) is 21.0 Å². The molecule has 4 atom stereocenters. The number of carbonyl (C=O) groups excluding carboxylic acids is 2. The summed E-state index contributed by atoms with van der Waals surface area (Å²) < 4.78 is 34.5. The first-order chi connectivity index (χ1) is 18.7. The maximum atomic E-state index is 15.6. The van der Waals surface area contributed by atoms with Crippen LogP contribution in [0.25, 0.3) is 0 Å². The van der Waals surface area contributed by atoms with Crippen LogP contribution in [0, 0.1) is 17.0 Å². The van der Waals surface area contributed by atoms with Gasteiger partial charge in [0.25, 0.3) is 0 Å². The molecule has 10 heteroatoms. The molecule has 0 bridgehead atoms. The Kier molecular flexibility index (Phi) is 8.57. The lowest BCUT2D eigenvalue weighted by molar-refractivity contribution is -0.118. The second-order valence-corrected chi connectivity index (χ2v) is 12.1. The summed E-state index contributed by atoms with van der Waals surface area (Å²) in [6, 6.07) is 13.1. The van der Waals surface area contributed by atoms with Gasteiger partial charge in [0.05, 0.1) is 29.3 Å². The lowest BCUT2D eigenvalue weighted by Gasteiger charge is -2.39. The summed E-state index contributed by atoms with van der Waals surface area (Å²) in [7, 11) is 1.28. The molecule has 40 heavy (non-hydrogen) atoms. The maximum absolute atomic E-state index is 15.6. The van der Waals surface area contributed by atoms with Gasteiger partial charge in [-0.15, -0.1) is 0 Å². The molecule has 1 saturated heterocycles. The number of esters is 1. The predicted octanol–water partition coefficient (Wildman–Crippen LogP) is 6.41. The van der Waals surface area contributed by atoms with E-state index in [9.17, 15) is 14.0 Å². The Labute approximate surface area is 242 Å². The second kappa shape index (κ2) is 11.4. The number of hydrogen-bond acceptors (Lipinski definition) is 5. The monoisotopic (exact) mass is 589 g/mol. The van der Waals surface area contributed by atoms with Crippen LogP contribution in [0.1, 0.15) is 54.6 Å². The van der Waals surface area contributed by atoms with Crippen LogP contribution in [0.4, 0.5) is 14.5 Å². The minimum absolute atomic E-state index is 0.145. The van der Waals surface area contributed by atoms with Crippen molar-refractivity contribution in [3.05, 3.63) is 99.0 Å². The minimum Gasteiger partial charge on any atom is -0.465 e. The molecule has 1 aliphatic heterocycles. The fourth-order valence-electron chi connectivity index (χ4n) is 5.41. The van der Waals surface area contributed by atoms with Crippen LogP contribution in [-0.4, -0.2) is 31.1 Å². The van der Waals surface area contributed by atoms with E-state index in [0.717, 1.165) is 0 Å². The minimum atomic E-state index is -1.46. The number of carbonyl (C=O) groups is 2. The predicted molar refractivity (Wildman–Crippen MR) is 153 cm³/mol. The Morgan fingerprint density at radius 2 is 1.70 bits per heavy atom. The molecule has 1 amide bonds. The highest BCUT2D eigenvalue weighted by molar-refractivity contribution is 6.31. The van der Waals surface area contributed by atoms with Crippen molar-refractivity contribution in [1.82, 2.24) is 5.32 Å². The summed E-state index contributed by atoms with van der Waals surface area (Å²) in [6.07, 6.45) is 0.481. The third-order valence-electron chi connectivity index (χ3n) is 7.18. The van der Waals surface area contributed by atoms with Crippen molar-refractivity contribution >= 4 is 40.8 Å². The van der Waals surface area contributed by atoms with Gasteiger partial charge in [-0.05, 0) is 65.9 Å². The van der Waals surface area contributed by atoms with Gasteiger partial charge in [0, 0.05) is 28.2 Å². The molecule has 1 fully saturated rings. The highest BCUT2D eigenvalue weighted by Gasteiger charge is 2.57. The second-order valence-electron chi connectivity index (χ2n) is 11.2. The average Bonchev–Trinajstić information content (AvgIpc) is 3.16. The number of nitrogens with two attached hydrogens (primary N) is 1. The molecule has 1 aliphatic rings. The Morgan fingerprint density at radius 1 is 1.02 bits per heavy atom. The van der Waals surface area contributed by atoms with Crippen molar-refractivity contribution in [2.45, 2.75) is 50.7 Å². The van der Waals surface area contributed by atoms with E-state index in [2.05, 4.69) is 10.6 Å². The molecule has 0 saturated carbocycles. The van der Waals surface area contributed by atoms with Crippen LogP contribution in [0.15, 0.2) is 60.7 Å². The van der Waals surface area contributed by atoms with Gasteiger partial charge in [0.1, 0.15) is 11.6 Å². The molecule has 4 N–H and O–H groups in total. The molecule has 0 aliphatic carbocycles. The standard InChI is InChI=1S/C30H31Cl2F2N3O3/c1-29(2,3)15-24-30(35,20-11-8-18(31)14-23(20)34)25(17-7-12-22(33)21(32)13-17)26(37-24)27(38)36-19-9-5-16(6-10-19)28(39)40-4/h5-14,24-26,37H,15,35H2,1-4H3,(H,36,38). The van der Waals surface area contributed by atoms with Gasteiger partial charge < -0.3 is 21.1 Å². The van der Waals surface area contributed by atoms with E-state index >= 15 is 4.39 Å². The van der Waals surface area contributed by atoms with Gasteiger partial charge in [-0.25, -0.2) is 13.6 Å². The van der Waals surface area contributed by atoms with Gasteiger partial charge >= 0.3 is 5.97 Å². The van der Waals surface area contributed by atoms with E-state index in [1.807, 2.05) is 20.8 Å². The molecule has 3 aromatic carbocycles. The summed E-state index contributed by atoms with van der Waals surface area (Å²) in [4.78, 5) is 25.7. The van der Waals surface area contributed by atoms with Crippen molar-refractivity contribution in [3.8, 4) is 0 Å². The zero-order chi connectivity index (χ0) is 29.4. The summed E-state index contributed by atoms with van der Waals surface area (Å²) >= 11 is 12.2. The van der Waals surface area contributed by atoms with Gasteiger partial charge in [-0.1, -0.05) is 56.1 Å². The van der Waals surface area contributed by atoms with Crippen LogP contribution in [0.3, 0.4) is 0 Å². The number of ether oxygens (including phenoxy) is 1. The number of anilines is 1. The van der Waals surface area contributed by atoms with Gasteiger partial charge in [-0.2, -0.15) is 0 Å². The fourth-order valence-corrected chi connectivity index (χ4v) is 5.76. The molecule has 1 heterocycles. The van der Waals surface area contributed by atoms with E-state index in [1.165, 1.54) is 49.6 Å². The summed E-state index contributed by atoms with van der Waals surface area (Å²) in [5, 5.41) is 6.29. The van der Waals surface area contributed by atoms with Crippen LogP contribution in [0.2, 0.25) is 10.0 Å². The highest BCUT2D eigenvalue weighted by Crippen LogP contribution is 2.49. The Hall–Kier alpha value is -3.04. The lowest BCUT2D eigenvalue weighted by atomic mass is 9.68. The zero-order valence-corrected chi connectivity index (χ0v) is 24.0. The van der Waals surface area contributed by atoms with Crippen molar-refractivity contribution in [2.24, 2.45) is 11.1 Å². The van der Waals surface area contributed by atoms with E-state index in [1.54, 1.807) is 18.2 Å². The molecular formula is C30H31Cl2F2N3O3. The van der Waals surface area contributed by atoms with Crippen LogP contribution in [0.5, 0.6) is 0 Å². The fraction of sp³-hybridized carbons (Fsp3) is 0.333. The number of halogens is 4. The van der Waals surface area contributed by atoms with Gasteiger partial charge in [-0.3, -0.25) is 4.79 Å². The SMILES string of the molecule is COC(=O)c1ccc(NC(=O)C2NC(CC(C)(C)C)C(N)(c3ccc(Cl)cc3F)C2c2ccc(F)c(Cl)c2)cc1. The molecule has 3 aromatic rings. The molecule has 4 unspecified atom stereocenters.